The van der Waals surface area contributed by atoms with Crippen LogP contribution in [0.25, 0.3) is 11.0 Å². The number of aromatic nitrogens is 2. The lowest BCUT2D eigenvalue weighted by molar-refractivity contribution is 0.0521. The fraction of sp³-hybridized carbons (Fsp3) is 0.286. The molecular formula is C21H23N3O4. The molecule has 0 aliphatic heterocycles. The van der Waals surface area contributed by atoms with E-state index in [-0.39, 0.29) is 12.3 Å². The van der Waals surface area contributed by atoms with Crippen LogP contribution in [0.15, 0.2) is 30.3 Å². The molecule has 1 N–H and O–H groups in total. The molecule has 0 aliphatic rings. The van der Waals surface area contributed by atoms with Crippen LogP contribution in [0, 0.1) is 13.8 Å². The Balaban J connectivity index is 2.13. The van der Waals surface area contributed by atoms with Crippen LogP contribution in [0.3, 0.4) is 0 Å². The molecule has 7 heteroatoms. The van der Waals surface area contributed by atoms with Crippen molar-refractivity contribution in [2.75, 3.05) is 26.1 Å². The number of aryl methyl sites for hydroxylation is 2. The van der Waals surface area contributed by atoms with E-state index >= 15 is 0 Å². The summed E-state index contributed by atoms with van der Waals surface area (Å²) in [7, 11) is 3.15. The van der Waals surface area contributed by atoms with Crippen LogP contribution in [0.1, 0.15) is 28.5 Å². The zero-order valence-electron chi connectivity index (χ0n) is 16.6. The predicted molar refractivity (Wildman–Crippen MR) is 108 cm³/mol. The molecule has 0 unspecified atom stereocenters. The third-order valence-corrected chi connectivity index (χ3v) is 4.36. The van der Waals surface area contributed by atoms with E-state index in [0.29, 0.717) is 34.0 Å². The molecule has 1 aromatic heterocycles. The van der Waals surface area contributed by atoms with Crippen molar-refractivity contribution in [2.45, 2.75) is 20.8 Å². The molecule has 0 bridgehead atoms. The topological polar surface area (TPSA) is 82.6 Å². The van der Waals surface area contributed by atoms with E-state index in [1.807, 2.05) is 26.0 Å². The molecule has 1 heterocycles. The summed E-state index contributed by atoms with van der Waals surface area (Å²) in [5.74, 6) is 0.997. The number of esters is 1. The van der Waals surface area contributed by atoms with Crippen molar-refractivity contribution in [3.63, 3.8) is 0 Å². The smallest absolute Gasteiger partial charge is 0.360 e. The fourth-order valence-corrected chi connectivity index (χ4v) is 2.76. The van der Waals surface area contributed by atoms with Gasteiger partial charge in [0.1, 0.15) is 11.5 Å². The van der Waals surface area contributed by atoms with Crippen LogP contribution in [0.4, 0.5) is 11.5 Å². The van der Waals surface area contributed by atoms with E-state index in [1.54, 1.807) is 39.3 Å². The van der Waals surface area contributed by atoms with Gasteiger partial charge in [-0.25, -0.2) is 14.8 Å². The number of methoxy groups -OCH3 is 2. The van der Waals surface area contributed by atoms with Crippen LogP contribution < -0.4 is 14.8 Å². The number of hydrogen-bond acceptors (Lipinski definition) is 7. The number of benzene rings is 2. The van der Waals surface area contributed by atoms with Gasteiger partial charge in [-0.05, 0) is 44.0 Å². The Kier molecular flexibility index (Phi) is 5.63. The molecule has 0 aliphatic carbocycles. The lowest BCUT2D eigenvalue weighted by Gasteiger charge is -2.14. The highest BCUT2D eigenvalue weighted by Crippen LogP contribution is 2.29. The summed E-state index contributed by atoms with van der Waals surface area (Å²) in [5.41, 5.74) is 4.28. The molecule has 0 amide bonds. The van der Waals surface area contributed by atoms with Crippen molar-refractivity contribution in [2.24, 2.45) is 0 Å². The second-order valence-corrected chi connectivity index (χ2v) is 6.29. The molecule has 0 fully saturated rings. The van der Waals surface area contributed by atoms with Gasteiger partial charge in [0.25, 0.3) is 0 Å². The molecule has 0 spiro atoms. The largest absolute Gasteiger partial charge is 0.497 e. The minimum absolute atomic E-state index is 0.124. The van der Waals surface area contributed by atoms with E-state index in [0.717, 1.165) is 11.1 Å². The quantitative estimate of drug-likeness (QED) is 0.641. The van der Waals surface area contributed by atoms with E-state index in [4.69, 9.17) is 14.2 Å². The normalized spacial score (nSPS) is 10.6. The number of nitrogens with zero attached hydrogens (tertiary/aromatic N) is 2. The van der Waals surface area contributed by atoms with Gasteiger partial charge in [0.15, 0.2) is 11.5 Å². The Morgan fingerprint density at radius 3 is 2.04 bits per heavy atom. The Labute approximate surface area is 163 Å². The first-order chi connectivity index (χ1) is 13.4. The number of carbonyl (C=O) groups is 1. The van der Waals surface area contributed by atoms with Crippen molar-refractivity contribution in [3.8, 4) is 11.5 Å². The highest BCUT2D eigenvalue weighted by atomic mass is 16.5. The zero-order valence-corrected chi connectivity index (χ0v) is 16.6. The highest BCUT2D eigenvalue weighted by molar-refractivity contribution is 5.96. The van der Waals surface area contributed by atoms with Gasteiger partial charge in [0, 0.05) is 23.9 Å². The summed E-state index contributed by atoms with van der Waals surface area (Å²) in [6.45, 7) is 6.00. The standard InChI is InChI=1S/C21H23N3O4/c1-6-28-21(25)19-20(22-14-9-15(26-4)11-16(10-14)27-5)24-18-8-13(3)12(2)7-17(18)23-19/h7-11H,6H2,1-5H3,(H,22,24). The maximum absolute atomic E-state index is 12.5. The number of rotatable bonds is 6. The van der Waals surface area contributed by atoms with Crippen LogP contribution in [-0.4, -0.2) is 36.8 Å². The number of hydrogen-bond donors (Lipinski definition) is 1. The fourth-order valence-electron chi connectivity index (χ4n) is 2.76. The van der Waals surface area contributed by atoms with Crippen molar-refractivity contribution in [1.29, 1.82) is 0 Å². The molecule has 7 nitrogen and oxygen atoms in total. The van der Waals surface area contributed by atoms with Gasteiger partial charge in [-0.3, -0.25) is 0 Å². The first-order valence-electron chi connectivity index (χ1n) is 8.91. The van der Waals surface area contributed by atoms with Crippen LogP contribution >= 0.6 is 0 Å². The minimum atomic E-state index is -0.535. The van der Waals surface area contributed by atoms with Gasteiger partial charge in [-0.1, -0.05) is 0 Å². The average Bonchev–Trinajstić information content (AvgIpc) is 2.68. The third-order valence-electron chi connectivity index (χ3n) is 4.36. The Hall–Kier alpha value is -3.35. The van der Waals surface area contributed by atoms with Gasteiger partial charge >= 0.3 is 5.97 Å². The SMILES string of the molecule is CCOC(=O)c1nc2cc(C)c(C)cc2nc1Nc1cc(OC)cc(OC)c1. The Morgan fingerprint density at radius 1 is 0.929 bits per heavy atom. The summed E-state index contributed by atoms with van der Waals surface area (Å²) in [6, 6.07) is 9.19. The number of ether oxygens (including phenoxy) is 3. The number of fused-ring (bicyclic) bond motifs is 1. The lowest BCUT2D eigenvalue weighted by atomic mass is 10.1. The van der Waals surface area contributed by atoms with E-state index in [2.05, 4.69) is 15.3 Å². The third kappa shape index (κ3) is 3.98. The van der Waals surface area contributed by atoms with E-state index in [9.17, 15) is 4.79 Å². The van der Waals surface area contributed by atoms with Gasteiger partial charge in [0.2, 0.25) is 0 Å². The summed E-state index contributed by atoms with van der Waals surface area (Å²) in [6.07, 6.45) is 0. The van der Waals surface area contributed by atoms with Gasteiger partial charge < -0.3 is 19.5 Å². The number of anilines is 2. The molecule has 0 radical (unpaired) electrons. The monoisotopic (exact) mass is 381 g/mol. The summed E-state index contributed by atoms with van der Waals surface area (Å²) in [4.78, 5) is 21.6. The van der Waals surface area contributed by atoms with Crippen molar-refractivity contribution >= 4 is 28.5 Å². The van der Waals surface area contributed by atoms with Crippen molar-refractivity contribution in [3.05, 3.63) is 47.2 Å². The highest BCUT2D eigenvalue weighted by Gasteiger charge is 2.19. The number of nitrogens with one attached hydrogen (secondary N) is 1. The van der Waals surface area contributed by atoms with Gasteiger partial charge in [-0.15, -0.1) is 0 Å². The molecule has 3 aromatic rings. The average molecular weight is 381 g/mol. The molecule has 3 rings (SSSR count). The molecule has 0 saturated heterocycles. The maximum atomic E-state index is 12.5. The van der Waals surface area contributed by atoms with Gasteiger partial charge in [-0.2, -0.15) is 0 Å². The molecule has 146 valence electrons. The van der Waals surface area contributed by atoms with Crippen LogP contribution in [0.2, 0.25) is 0 Å². The Morgan fingerprint density at radius 2 is 1.50 bits per heavy atom. The second-order valence-electron chi connectivity index (χ2n) is 6.29. The minimum Gasteiger partial charge on any atom is -0.497 e. The maximum Gasteiger partial charge on any atom is 0.360 e. The lowest BCUT2D eigenvalue weighted by Crippen LogP contribution is -2.12. The van der Waals surface area contributed by atoms with Crippen LogP contribution in [0.5, 0.6) is 11.5 Å². The molecule has 2 aromatic carbocycles. The molecular weight excluding hydrogens is 358 g/mol. The predicted octanol–water partition coefficient (Wildman–Crippen LogP) is 4.18. The molecule has 28 heavy (non-hydrogen) atoms. The van der Waals surface area contributed by atoms with E-state index in [1.165, 1.54) is 0 Å². The summed E-state index contributed by atoms with van der Waals surface area (Å²) < 4.78 is 15.8. The Bertz CT molecular complexity index is 1010. The molecule has 0 saturated carbocycles. The van der Waals surface area contributed by atoms with Gasteiger partial charge in [0.05, 0.1) is 31.9 Å². The van der Waals surface area contributed by atoms with Crippen molar-refractivity contribution < 1.29 is 19.0 Å². The first kappa shape index (κ1) is 19.4. The zero-order chi connectivity index (χ0) is 20.3. The first-order valence-corrected chi connectivity index (χ1v) is 8.91. The summed E-state index contributed by atoms with van der Waals surface area (Å²) >= 11 is 0. The number of carbonyl (C=O) groups excluding carboxylic acids is 1. The summed E-state index contributed by atoms with van der Waals surface area (Å²) in [5, 5.41) is 3.15. The van der Waals surface area contributed by atoms with Crippen molar-refractivity contribution in [1.82, 2.24) is 9.97 Å². The second kappa shape index (κ2) is 8.12. The molecule has 0 atom stereocenters. The van der Waals surface area contributed by atoms with Crippen LogP contribution in [-0.2, 0) is 4.74 Å². The van der Waals surface area contributed by atoms with E-state index < -0.39 is 5.97 Å².